The molecular weight excluding hydrogens is 446 g/mol. The normalized spacial score (nSPS) is 17.7. The van der Waals surface area contributed by atoms with E-state index in [4.69, 9.17) is 4.74 Å². The Labute approximate surface area is 207 Å². The number of ether oxygens (including phenoxy) is 1. The van der Waals surface area contributed by atoms with Gasteiger partial charge in [0.05, 0.1) is 0 Å². The topological polar surface area (TPSA) is 61.9 Å². The van der Waals surface area contributed by atoms with E-state index in [1.54, 1.807) is 0 Å². The van der Waals surface area contributed by atoms with Crippen LogP contribution in [-0.2, 0) is 4.79 Å². The van der Waals surface area contributed by atoms with Gasteiger partial charge >= 0.3 is 0 Å². The first-order valence-electron chi connectivity index (χ1n) is 12.6. The molecule has 34 heavy (non-hydrogen) atoms. The van der Waals surface area contributed by atoms with E-state index in [0.717, 1.165) is 68.8 Å². The zero-order valence-electron chi connectivity index (χ0n) is 20.4. The van der Waals surface area contributed by atoms with Gasteiger partial charge in [0.2, 0.25) is 0 Å². The molecule has 6 nitrogen and oxygen atoms in total. The third-order valence-electron chi connectivity index (χ3n) is 6.57. The second-order valence-electron chi connectivity index (χ2n) is 9.84. The molecule has 0 atom stereocenters. The van der Waals surface area contributed by atoms with Gasteiger partial charge in [0.15, 0.2) is 6.61 Å². The summed E-state index contributed by atoms with van der Waals surface area (Å²) in [6, 6.07) is 12.1. The molecule has 184 valence electrons. The van der Waals surface area contributed by atoms with Crippen LogP contribution in [0.5, 0.6) is 5.75 Å². The summed E-state index contributed by atoms with van der Waals surface area (Å²) in [5.74, 6) is 1.05. The smallest absolute Gasteiger partial charge is 0.265 e. The molecule has 2 aliphatic rings. The molecule has 2 fully saturated rings. The van der Waals surface area contributed by atoms with Crippen LogP contribution in [0.25, 0.3) is 10.4 Å². The van der Waals surface area contributed by atoms with Gasteiger partial charge in [0, 0.05) is 43.6 Å². The van der Waals surface area contributed by atoms with Gasteiger partial charge in [-0.2, -0.15) is 0 Å². The highest BCUT2D eigenvalue weighted by Gasteiger charge is 2.25. The first kappa shape index (κ1) is 24.7. The molecule has 0 spiro atoms. The molecule has 1 N–H and O–H groups in total. The van der Waals surface area contributed by atoms with Crippen molar-refractivity contribution in [2.45, 2.75) is 52.0 Å². The van der Waals surface area contributed by atoms with Crippen LogP contribution in [-0.4, -0.2) is 67.0 Å². The van der Waals surface area contributed by atoms with Crippen LogP contribution in [0.1, 0.15) is 55.6 Å². The number of nitrogens with zero attached hydrogens (tertiary/aromatic N) is 2. The summed E-state index contributed by atoms with van der Waals surface area (Å²) in [7, 11) is 0. The molecule has 0 unspecified atom stereocenters. The second-order valence-corrected chi connectivity index (χ2v) is 10.9. The van der Waals surface area contributed by atoms with Crippen molar-refractivity contribution in [2.24, 2.45) is 5.92 Å². The summed E-state index contributed by atoms with van der Waals surface area (Å²) in [4.78, 5) is 31.8. The molecule has 7 heteroatoms. The maximum atomic E-state index is 13.3. The minimum Gasteiger partial charge on any atom is -0.482 e. The molecule has 0 bridgehead atoms. The van der Waals surface area contributed by atoms with Crippen LogP contribution in [0, 0.1) is 5.92 Å². The Morgan fingerprint density at radius 1 is 1.06 bits per heavy atom. The van der Waals surface area contributed by atoms with Crippen LogP contribution < -0.4 is 10.1 Å². The third-order valence-corrected chi connectivity index (χ3v) is 7.73. The number of amides is 2. The van der Waals surface area contributed by atoms with E-state index in [-0.39, 0.29) is 24.5 Å². The average Bonchev–Trinajstić information content (AvgIpc) is 3.29. The minimum absolute atomic E-state index is 0.00366. The summed E-state index contributed by atoms with van der Waals surface area (Å²) in [6.45, 7) is 9.17. The number of hydrogen-bond donors (Lipinski definition) is 1. The Kier molecular flexibility index (Phi) is 8.62. The first-order chi connectivity index (χ1) is 16.5. The molecule has 2 aromatic rings. The van der Waals surface area contributed by atoms with Crippen LogP contribution in [0.3, 0.4) is 0 Å². The highest BCUT2D eigenvalue weighted by Crippen LogP contribution is 2.36. The van der Waals surface area contributed by atoms with Crippen molar-refractivity contribution in [1.29, 1.82) is 0 Å². The van der Waals surface area contributed by atoms with Crippen molar-refractivity contribution in [3.63, 3.8) is 0 Å². The third kappa shape index (κ3) is 6.60. The monoisotopic (exact) mass is 483 g/mol. The van der Waals surface area contributed by atoms with Gasteiger partial charge in [-0.25, -0.2) is 0 Å². The Hall–Kier alpha value is -2.38. The molecule has 0 aliphatic carbocycles. The molecule has 1 aromatic heterocycles. The Bertz CT molecular complexity index is 945. The van der Waals surface area contributed by atoms with Crippen LogP contribution in [0.4, 0.5) is 0 Å². The van der Waals surface area contributed by atoms with Crippen LogP contribution in [0.15, 0.2) is 36.4 Å². The molecule has 2 aliphatic heterocycles. The Morgan fingerprint density at radius 2 is 1.76 bits per heavy atom. The number of carbonyl (C=O) groups is 2. The number of thiophene rings is 1. The zero-order valence-corrected chi connectivity index (χ0v) is 21.2. The largest absolute Gasteiger partial charge is 0.482 e. The molecule has 0 radical (unpaired) electrons. The first-order valence-corrected chi connectivity index (χ1v) is 13.4. The van der Waals surface area contributed by atoms with Crippen molar-refractivity contribution in [3.8, 4) is 16.2 Å². The summed E-state index contributed by atoms with van der Waals surface area (Å²) >= 11 is 1.43. The fourth-order valence-electron chi connectivity index (χ4n) is 4.79. The lowest BCUT2D eigenvalue weighted by Gasteiger charge is -2.33. The number of benzene rings is 1. The SMILES string of the molecule is CC(C)CN1CCC(NC(=O)c2sc(-c3ccccc3)cc2OCC(=O)N2CCCCC2)CC1. The summed E-state index contributed by atoms with van der Waals surface area (Å²) in [5, 5.41) is 3.23. The number of piperidine rings is 2. The maximum Gasteiger partial charge on any atom is 0.265 e. The lowest BCUT2D eigenvalue weighted by atomic mass is 10.0. The van der Waals surface area contributed by atoms with Gasteiger partial charge in [-0.3, -0.25) is 9.59 Å². The minimum atomic E-state index is -0.102. The predicted molar refractivity (Wildman–Crippen MR) is 137 cm³/mol. The fraction of sp³-hybridized carbons (Fsp3) is 0.556. The van der Waals surface area contributed by atoms with Crippen LogP contribution in [0.2, 0.25) is 0 Å². The lowest BCUT2D eigenvalue weighted by molar-refractivity contribution is -0.134. The van der Waals surface area contributed by atoms with E-state index in [2.05, 4.69) is 24.1 Å². The van der Waals surface area contributed by atoms with Crippen molar-refractivity contribution in [1.82, 2.24) is 15.1 Å². The molecule has 4 rings (SSSR count). The molecule has 1 aromatic carbocycles. The Morgan fingerprint density at radius 3 is 2.44 bits per heavy atom. The van der Waals surface area contributed by atoms with Crippen LogP contribution >= 0.6 is 11.3 Å². The standard InChI is InChI=1S/C27H37N3O3S/c1-20(2)18-29-15-11-22(12-16-29)28-27(32)26-23(17-24(34-26)21-9-5-3-6-10-21)33-19-25(31)30-13-7-4-8-14-30/h3,5-6,9-10,17,20,22H,4,7-8,11-16,18-19H2,1-2H3,(H,28,32). The van der Waals surface area contributed by atoms with E-state index >= 15 is 0 Å². The van der Waals surface area contributed by atoms with Gasteiger partial charge in [-0.05, 0) is 49.7 Å². The van der Waals surface area contributed by atoms with E-state index in [9.17, 15) is 9.59 Å². The van der Waals surface area contributed by atoms with Crippen molar-refractivity contribution in [3.05, 3.63) is 41.3 Å². The van der Waals surface area contributed by atoms with Crippen molar-refractivity contribution < 1.29 is 14.3 Å². The Balaban J connectivity index is 1.43. The van der Waals surface area contributed by atoms with Gasteiger partial charge in [-0.1, -0.05) is 44.2 Å². The fourth-order valence-corrected chi connectivity index (χ4v) is 5.80. The van der Waals surface area contributed by atoms with Crippen molar-refractivity contribution >= 4 is 23.2 Å². The predicted octanol–water partition coefficient (Wildman–Crippen LogP) is 4.66. The van der Waals surface area contributed by atoms with E-state index < -0.39 is 0 Å². The van der Waals surface area contributed by atoms with E-state index in [0.29, 0.717) is 16.5 Å². The number of rotatable bonds is 8. The highest BCUT2D eigenvalue weighted by molar-refractivity contribution is 7.17. The van der Waals surface area contributed by atoms with Gasteiger partial charge in [0.1, 0.15) is 10.6 Å². The van der Waals surface area contributed by atoms with Gasteiger partial charge < -0.3 is 19.9 Å². The molecule has 2 amide bonds. The zero-order chi connectivity index (χ0) is 23.9. The summed E-state index contributed by atoms with van der Waals surface area (Å²) < 4.78 is 5.98. The number of carbonyl (C=O) groups excluding carboxylic acids is 2. The summed E-state index contributed by atoms with van der Waals surface area (Å²) in [5.41, 5.74) is 1.04. The number of likely N-dealkylation sites (tertiary alicyclic amines) is 2. The van der Waals surface area contributed by atoms with Crippen molar-refractivity contribution in [2.75, 3.05) is 39.3 Å². The maximum absolute atomic E-state index is 13.3. The van der Waals surface area contributed by atoms with Gasteiger partial charge in [-0.15, -0.1) is 11.3 Å². The highest BCUT2D eigenvalue weighted by atomic mass is 32.1. The quantitative estimate of drug-likeness (QED) is 0.593. The summed E-state index contributed by atoms with van der Waals surface area (Å²) in [6.07, 6.45) is 5.19. The average molecular weight is 484 g/mol. The van der Waals surface area contributed by atoms with E-state index in [1.165, 1.54) is 17.8 Å². The number of nitrogens with one attached hydrogen (secondary N) is 1. The van der Waals surface area contributed by atoms with E-state index in [1.807, 2.05) is 41.3 Å². The molecular formula is C27H37N3O3S. The number of hydrogen-bond acceptors (Lipinski definition) is 5. The molecule has 3 heterocycles. The second kappa shape index (κ2) is 11.8. The molecule has 0 saturated carbocycles. The lowest BCUT2D eigenvalue weighted by Crippen LogP contribution is -2.45. The van der Waals surface area contributed by atoms with Gasteiger partial charge in [0.25, 0.3) is 11.8 Å². The molecule has 2 saturated heterocycles.